The topological polar surface area (TPSA) is 15.3 Å². The van der Waals surface area contributed by atoms with E-state index in [4.69, 9.17) is 0 Å². The van der Waals surface area contributed by atoms with Gasteiger partial charge in [0.2, 0.25) is 0 Å². The summed E-state index contributed by atoms with van der Waals surface area (Å²) in [5.41, 5.74) is 1.20. The van der Waals surface area contributed by atoms with Gasteiger partial charge in [0.15, 0.2) is 0 Å². The van der Waals surface area contributed by atoms with Crippen molar-refractivity contribution in [3.63, 3.8) is 0 Å². The van der Waals surface area contributed by atoms with Gasteiger partial charge in [-0.2, -0.15) is 13.2 Å². The lowest BCUT2D eigenvalue weighted by Crippen LogP contribution is -2.52. The van der Waals surface area contributed by atoms with Crippen LogP contribution in [0.1, 0.15) is 37.8 Å². The molecule has 0 radical (unpaired) electrons. The van der Waals surface area contributed by atoms with Gasteiger partial charge in [-0.15, -0.1) is 0 Å². The Morgan fingerprint density at radius 3 is 2.57 bits per heavy atom. The lowest BCUT2D eigenvalue weighted by molar-refractivity contribution is -0.136. The minimum Gasteiger partial charge on any atom is -0.307 e. The highest BCUT2D eigenvalue weighted by Crippen LogP contribution is 2.24. The first-order valence-electron chi connectivity index (χ1n) is 7.58. The van der Waals surface area contributed by atoms with E-state index in [0.717, 1.165) is 19.5 Å². The number of rotatable bonds is 5. The Hall–Kier alpha value is -1.07. The third kappa shape index (κ3) is 5.00. The second kappa shape index (κ2) is 7.27. The average molecular weight is 300 g/mol. The van der Waals surface area contributed by atoms with Crippen LogP contribution >= 0.6 is 0 Å². The highest BCUT2D eigenvalue weighted by molar-refractivity contribution is 5.20. The highest BCUT2D eigenvalue weighted by Gasteiger charge is 2.30. The standard InChI is InChI=1S/C16H23F3N2/c1-2-14-11-20-15(13-7-4-3-5-8-13)12-21(14)10-6-9-16(17,18)19/h3-5,7-8,14-15,20H,2,6,9-12H2,1H3. The number of halogens is 3. The van der Waals surface area contributed by atoms with E-state index in [1.165, 1.54) is 5.56 Å². The van der Waals surface area contributed by atoms with Gasteiger partial charge in [-0.3, -0.25) is 4.90 Å². The maximum Gasteiger partial charge on any atom is 0.389 e. The normalized spacial score (nSPS) is 24.2. The monoisotopic (exact) mass is 300 g/mol. The van der Waals surface area contributed by atoms with E-state index in [0.29, 0.717) is 12.6 Å². The molecule has 2 unspecified atom stereocenters. The van der Waals surface area contributed by atoms with Crippen LogP contribution in [0.3, 0.4) is 0 Å². The first-order chi connectivity index (χ1) is 9.99. The van der Waals surface area contributed by atoms with E-state index in [1.54, 1.807) is 0 Å². The number of nitrogens with one attached hydrogen (secondary N) is 1. The Morgan fingerprint density at radius 2 is 1.95 bits per heavy atom. The summed E-state index contributed by atoms with van der Waals surface area (Å²) >= 11 is 0. The maximum absolute atomic E-state index is 12.3. The molecule has 1 aromatic carbocycles. The molecule has 1 N–H and O–H groups in total. The van der Waals surface area contributed by atoms with Crippen molar-refractivity contribution in [2.45, 2.75) is 44.4 Å². The molecule has 2 atom stereocenters. The van der Waals surface area contributed by atoms with Gasteiger partial charge in [0, 0.05) is 31.6 Å². The molecule has 0 amide bonds. The van der Waals surface area contributed by atoms with E-state index in [1.807, 2.05) is 18.2 Å². The number of nitrogens with zero attached hydrogens (tertiary/aromatic N) is 1. The van der Waals surface area contributed by atoms with Gasteiger partial charge in [0.05, 0.1) is 0 Å². The fourth-order valence-electron chi connectivity index (χ4n) is 2.92. The zero-order chi connectivity index (χ0) is 15.3. The van der Waals surface area contributed by atoms with Crippen LogP contribution < -0.4 is 5.32 Å². The van der Waals surface area contributed by atoms with Crippen LogP contribution in [0.2, 0.25) is 0 Å². The second-order valence-electron chi connectivity index (χ2n) is 5.65. The molecule has 5 heteroatoms. The van der Waals surface area contributed by atoms with E-state index in [9.17, 15) is 13.2 Å². The molecule has 1 aliphatic heterocycles. The predicted molar refractivity (Wildman–Crippen MR) is 78.1 cm³/mol. The van der Waals surface area contributed by atoms with E-state index in [2.05, 4.69) is 29.3 Å². The molecule has 118 valence electrons. The zero-order valence-electron chi connectivity index (χ0n) is 12.4. The van der Waals surface area contributed by atoms with Crippen molar-refractivity contribution in [2.24, 2.45) is 0 Å². The number of benzene rings is 1. The average Bonchev–Trinajstić information content (AvgIpc) is 2.47. The van der Waals surface area contributed by atoms with Gasteiger partial charge in [0.25, 0.3) is 0 Å². The molecule has 1 saturated heterocycles. The van der Waals surface area contributed by atoms with Crippen molar-refractivity contribution in [3.05, 3.63) is 35.9 Å². The van der Waals surface area contributed by atoms with Crippen LogP contribution in [-0.4, -0.2) is 36.8 Å². The van der Waals surface area contributed by atoms with Crippen LogP contribution in [0, 0.1) is 0 Å². The minimum atomic E-state index is -4.05. The Kier molecular flexibility index (Phi) is 5.65. The summed E-state index contributed by atoms with van der Waals surface area (Å²) in [6.07, 6.45) is -3.60. The molecule has 0 saturated carbocycles. The van der Waals surface area contributed by atoms with Gasteiger partial charge in [0.1, 0.15) is 0 Å². The van der Waals surface area contributed by atoms with Crippen molar-refractivity contribution < 1.29 is 13.2 Å². The van der Waals surface area contributed by atoms with Crippen LogP contribution in [-0.2, 0) is 0 Å². The molecule has 21 heavy (non-hydrogen) atoms. The van der Waals surface area contributed by atoms with Crippen LogP contribution in [0.5, 0.6) is 0 Å². The van der Waals surface area contributed by atoms with Crippen molar-refractivity contribution in [3.8, 4) is 0 Å². The van der Waals surface area contributed by atoms with E-state index >= 15 is 0 Å². The third-order valence-corrected chi connectivity index (χ3v) is 4.11. The number of hydrogen-bond acceptors (Lipinski definition) is 2. The van der Waals surface area contributed by atoms with E-state index in [-0.39, 0.29) is 12.5 Å². The summed E-state index contributed by atoms with van der Waals surface area (Å²) in [5.74, 6) is 0. The summed E-state index contributed by atoms with van der Waals surface area (Å²) in [5, 5.41) is 3.51. The zero-order valence-corrected chi connectivity index (χ0v) is 12.4. The molecule has 2 nitrogen and oxygen atoms in total. The first-order valence-corrected chi connectivity index (χ1v) is 7.58. The molecular weight excluding hydrogens is 277 g/mol. The van der Waals surface area contributed by atoms with Crippen molar-refractivity contribution in [1.29, 1.82) is 0 Å². The number of hydrogen-bond donors (Lipinski definition) is 1. The number of alkyl halides is 3. The second-order valence-corrected chi connectivity index (χ2v) is 5.65. The lowest BCUT2D eigenvalue weighted by atomic mass is 10.0. The smallest absolute Gasteiger partial charge is 0.307 e. The summed E-state index contributed by atoms with van der Waals surface area (Å²) in [6.45, 7) is 4.22. The Bertz CT molecular complexity index is 419. The van der Waals surface area contributed by atoms with Crippen molar-refractivity contribution in [2.75, 3.05) is 19.6 Å². The van der Waals surface area contributed by atoms with Crippen molar-refractivity contribution >= 4 is 0 Å². The summed E-state index contributed by atoms with van der Waals surface area (Å²) in [4.78, 5) is 2.21. The SMILES string of the molecule is CCC1CNC(c2ccccc2)CN1CCCC(F)(F)F. The van der Waals surface area contributed by atoms with Crippen LogP contribution in [0.4, 0.5) is 13.2 Å². The Labute approximate surface area is 124 Å². The summed E-state index contributed by atoms with van der Waals surface area (Å²) in [6, 6.07) is 10.6. The maximum atomic E-state index is 12.3. The minimum absolute atomic E-state index is 0.182. The highest BCUT2D eigenvalue weighted by atomic mass is 19.4. The quantitative estimate of drug-likeness (QED) is 0.891. The molecule has 0 spiro atoms. The molecular formula is C16H23F3N2. The van der Waals surface area contributed by atoms with Gasteiger partial charge >= 0.3 is 6.18 Å². The summed E-state index contributed by atoms with van der Waals surface area (Å²) in [7, 11) is 0. The third-order valence-electron chi connectivity index (χ3n) is 4.11. The lowest BCUT2D eigenvalue weighted by Gasteiger charge is -2.40. The molecule has 1 aliphatic rings. The van der Waals surface area contributed by atoms with Gasteiger partial charge in [-0.25, -0.2) is 0 Å². The van der Waals surface area contributed by atoms with Crippen LogP contribution in [0.15, 0.2) is 30.3 Å². The van der Waals surface area contributed by atoms with Gasteiger partial charge in [-0.05, 0) is 24.9 Å². The molecule has 1 heterocycles. The van der Waals surface area contributed by atoms with Gasteiger partial charge in [-0.1, -0.05) is 37.3 Å². The van der Waals surface area contributed by atoms with Crippen LogP contribution in [0.25, 0.3) is 0 Å². The fourth-order valence-corrected chi connectivity index (χ4v) is 2.92. The Balaban J connectivity index is 1.93. The number of piperazine rings is 1. The first kappa shape index (κ1) is 16.3. The molecule has 0 aliphatic carbocycles. The fraction of sp³-hybridized carbons (Fsp3) is 0.625. The molecule has 0 aromatic heterocycles. The molecule has 2 rings (SSSR count). The predicted octanol–water partition coefficient (Wildman–Crippen LogP) is 3.75. The van der Waals surface area contributed by atoms with E-state index < -0.39 is 12.6 Å². The molecule has 1 aromatic rings. The molecule has 1 fully saturated rings. The van der Waals surface area contributed by atoms with Crippen molar-refractivity contribution in [1.82, 2.24) is 10.2 Å². The summed E-state index contributed by atoms with van der Waals surface area (Å²) < 4.78 is 36.9. The Morgan fingerprint density at radius 1 is 1.24 bits per heavy atom. The largest absolute Gasteiger partial charge is 0.389 e. The molecule has 0 bridgehead atoms. The van der Waals surface area contributed by atoms with Gasteiger partial charge < -0.3 is 5.32 Å².